The Morgan fingerprint density at radius 2 is 1.96 bits per heavy atom. The van der Waals surface area contributed by atoms with E-state index in [0.29, 0.717) is 17.9 Å². The van der Waals surface area contributed by atoms with Crippen LogP contribution in [0.15, 0.2) is 35.3 Å². The lowest BCUT2D eigenvalue weighted by molar-refractivity contribution is -0.192. The minimum absolute atomic E-state index is 0.0790. The van der Waals surface area contributed by atoms with Crippen molar-refractivity contribution in [1.82, 2.24) is 0 Å². The quantitative estimate of drug-likeness (QED) is 0.520. The minimum Gasteiger partial charge on any atom is -0.493 e. The van der Waals surface area contributed by atoms with Gasteiger partial charge in [0.1, 0.15) is 5.60 Å². The summed E-state index contributed by atoms with van der Waals surface area (Å²) < 4.78 is 11.5. The van der Waals surface area contributed by atoms with Crippen molar-refractivity contribution in [1.29, 1.82) is 0 Å². The fraction of sp³-hybridized carbons (Fsp3) is 0.636. The smallest absolute Gasteiger partial charge is 0.227 e. The molecule has 1 aliphatic heterocycles. The van der Waals surface area contributed by atoms with E-state index in [0.717, 1.165) is 32.1 Å². The van der Waals surface area contributed by atoms with E-state index in [-0.39, 0.29) is 33.9 Å². The number of fused-ring (bicyclic) bond motifs is 3. The van der Waals surface area contributed by atoms with Crippen molar-refractivity contribution in [3.05, 3.63) is 35.3 Å². The summed E-state index contributed by atoms with van der Waals surface area (Å²) in [5.74, 6) is 0.308. The van der Waals surface area contributed by atoms with Gasteiger partial charge in [-0.3, -0.25) is 9.59 Å². The number of carbonyl (C=O) groups excluding carboxylic acids is 2. The molecule has 4 atom stereocenters. The average molecular weight is 356 g/mol. The molecule has 0 aromatic heterocycles. The second-order valence-corrected chi connectivity index (χ2v) is 9.11. The molecule has 1 unspecified atom stereocenters. The molecule has 0 saturated heterocycles. The van der Waals surface area contributed by atoms with E-state index in [1.54, 1.807) is 0 Å². The first-order valence-corrected chi connectivity index (χ1v) is 9.61. The molecule has 4 rings (SSSR count). The molecule has 0 aromatic carbocycles. The molecular weight excluding hydrogens is 328 g/mol. The molecule has 0 spiro atoms. The number of rotatable bonds is 1. The first-order chi connectivity index (χ1) is 12.2. The monoisotopic (exact) mass is 356 g/mol. The average Bonchev–Trinajstić information content (AvgIpc) is 2.60. The standard InChI is InChI=1S/C22H28O4/c1-13-7-6-8-17-20(13,2)9-10-22(4)21(17,3)12-14-18(24)16(25-5)11-15(23)19(14)26-22/h11,17H,1,6-10,12H2,2-5H3/t17?,20-,21+,22-/m1/s1. The fourth-order valence-electron chi connectivity index (χ4n) is 6.04. The molecule has 4 nitrogen and oxygen atoms in total. The number of hydrogen-bond acceptors (Lipinski definition) is 4. The molecule has 140 valence electrons. The number of methoxy groups -OCH3 is 1. The second-order valence-electron chi connectivity index (χ2n) is 9.11. The molecule has 26 heavy (non-hydrogen) atoms. The molecule has 4 aliphatic rings. The van der Waals surface area contributed by atoms with Crippen LogP contribution in [0.5, 0.6) is 0 Å². The summed E-state index contributed by atoms with van der Waals surface area (Å²) >= 11 is 0. The van der Waals surface area contributed by atoms with Crippen LogP contribution in [-0.4, -0.2) is 24.3 Å². The number of allylic oxidation sites excluding steroid dienone is 3. The van der Waals surface area contributed by atoms with Gasteiger partial charge in [-0.2, -0.15) is 0 Å². The Labute approximate surface area is 155 Å². The molecule has 0 bridgehead atoms. The van der Waals surface area contributed by atoms with E-state index in [1.165, 1.54) is 18.8 Å². The normalized spacial score (nSPS) is 42.4. The highest BCUT2D eigenvalue weighted by Crippen LogP contribution is 2.67. The topological polar surface area (TPSA) is 52.6 Å². The molecule has 0 N–H and O–H groups in total. The highest BCUT2D eigenvalue weighted by molar-refractivity contribution is 6.21. The maximum atomic E-state index is 12.9. The fourth-order valence-corrected chi connectivity index (χ4v) is 6.04. The van der Waals surface area contributed by atoms with Crippen molar-refractivity contribution in [2.45, 2.75) is 64.9 Å². The molecule has 3 aliphatic carbocycles. The Kier molecular flexibility index (Phi) is 3.61. The molecule has 2 fully saturated rings. The first-order valence-electron chi connectivity index (χ1n) is 9.61. The van der Waals surface area contributed by atoms with Crippen molar-refractivity contribution in [3.63, 3.8) is 0 Å². The second kappa shape index (κ2) is 5.34. The predicted molar refractivity (Wildman–Crippen MR) is 98.2 cm³/mol. The lowest BCUT2D eigenvalue weighted by atomic mass is 9.44. The minimum atomic E-state index is -0.442. The summed E-state index contributed by atoms with van der Waals surface area (Å²) in [6, 6.07) is 0. The van der Waals surface area contributed by atoms with Crippen LogP contribution in [0.2, 0.25) is 0 Å². The summed E-state index contributed by atoms with van der Waals surface area (Å²) in [7, 11) is 1.43. The van der Waals surface area contributed by atoms with Gasteiger partial charge in [0.25, 0.3) is 0 Å². The van der Waals surface area contributed by atoms with Gasteiger partial charge < -0.3 is 9.47 Å². The van der Waals surface area contributed by atoms with Gasteiger partial charge >= 0.3 is 0 Å². The van der Waals surface area contributed by atoms with E-state index in [9.17, 15) is 9.59 Å². The summed E-state index contributed by atoms with van der Waals surface area (Å²) in [5, 5.41) is 0. The lowest BCUT2D eigenvalue weighted by Crippen LogP contribution is -2.62. The van der Waals surface area contributed by atoms with E-state index in [1.807, 2.05) is 0 Å². The summed E-state index contributed by atoms with van der Waals surface area (Å²) in [6.45, 7) is 11.1. The van der Waals surface area contributed by atoms with Crippen molar-refractivity contribution in [2.24, 2.45) is 16.7 Å². The maximum absolute atomic E-state index is 12.9. The number of carbonyl (C=O) groups is 2. The summed E-state index contributed by atoms with van der Waals surface area (Å²) in [4.78, 5) is 25.4. The Bertz CT molecular complexity index is 788. The third-order valence-electron chi connectivity index (χ3n) is 8.00. The zero-order chi connectivity index (χ0) is 18.9. The van der Waals surface area contributed by atoms with Crippen LogP contribution >= 0.6 is 0 Å². The van der Waals surface area contributed by atoms with E-state index in [4.69, 9.17) is 9.47 Å². The Morgan fingerprint density at radius 3 is 2.65 bits per heavy atom. The van der Waals surface area contributed by atoms with Gasteiger partial charge in [0.15, 0.2) is 11.5 Å². The number of ether oxygens (including phenoxy) is 2. The van der Waals surface area contributed by atoms with Gasteiger partial charge in [-0.1, -0.05) is 26.0 Å². The lowest BCUT2D eigenvalue weighted by Gasteiger charge is -2.64. The molecular formula is C22H28O4. The van der Waals surface area contributed by atoms with Crippen LogP contribution in [0.25, 0.3) is 0 Å². The van der Waals surface area contributed by atoms with Gasteiger partial charge in [0.05, 0.1) is 12.7 Å². The SMILES string of the molecule is C=C1CCCC2[C@]3(C)CC4=C(O[C@]3(C)CC[C@]12C)C(=O)C=C(OC)C4=O. The molecule has 0 radical (unpaired) electrons. The third kappa shape index (κ3) is 2.02. The molecule has 1 heterocycles. The van der Waals surface area contributed by atoms with Crippen LogP contribution in [0.1, 0.15) is 59.3 Å². The van der Waals surface area contributed by atoms with Gasteiger partial charge in [-0.05, 0) is 56.8 Å². The Morgan fingerprint density at radius 1 is 1.23 bits per heavy atom. The summed E-state index contributed by atoms with van der Waals surface area (Å²) in [5.41, 5.74) is 1.25. The van der Waals surface area contributed by atoms with Crippen molar-refractivity contribution in [3.8, 4) is 0 Å². The Hall–Kier alpha value is -1.84. The van der Waals surface area contributed by atoms with Crippen molar-refractivity contribution < 1.29 is 19.1 Å². The van der Waals surface area contributed by atoms with E-state index < -0.39 is 5.60 Å². The maximum Gasteiger partial charge on any atom is 0.227 e. The van der Waals surface area contributed by atoms with Crippen LogP contribution in [0.3, 0.4) is 0 Å². The van der Waals surface area contributed by atoms with Crippen molar-refractivity contribution >= 4 is 11.6 Å². The zero-order valence-corrected chi connectivity index (χ0v) is 16.2. The molecule has 0 amide bonds. The van der Waals surface area contributed by atoms with Crippen LogP contribution in [0, 0.1) is 16.7 Å². The third-order valence-corrected chi connectivity index (χ3v) is 8.00. The molecule has 4 heteroatoms. The van der Waals surface area contributed by atoms with Crippen LogP contribution < -0.4 is 0 Å². The summed E-state index contributed by atoms with van der Waals surface area (Å²) in [6.07, 6.45) is 7.05. The highest BCUT2D eigenvalue weighted by Gasteiger charge is 2.64. The van der Waals surface area contributed by atoms with Gasteiger partial charge in [-0.25, -0.2) is 0 Å². The van der Waals surface area contributed by atoms with E-state index in [2.05, 4.69) is 27.4 Å². The number of ketones is 2. The Balaban J connectivity index is 1.82. The van der Waals surface area contributed by atoms with Gasteiger partial charge in [0, 0.05) is 11.5 Å². The number of hydrogen-bond donors (Lipinski definition) is 0. The largest absolute Gasteiger partial charge is 0.493 e. The van der Waals surface area contributed by atoms with Gasteiger partial charge in [-0.15, -0.1) is 0 Å². The van der Waals surface area contributed by atoms with E-state index >= 15 is 0 Å². The highest BCUT2D eigenvalue weighted by atomic mass is 16.5. The predicted octanol–water partition coefficient (Wildman–Crippen LogP) is 4.26. The molecule has 0 aromatic rings. The number of Topliss-reactive ketones (excluding diaryl/α,β-unsaturated/α-hetero) is 1. The van der Waals surface area contributed by atoms with Crippen LogP contribution in [-0.2, 0) is 19.1 Å². The molecule has 2 saturated carbocycles. The zero-order valence-electron chi connectivity index (χ0n) is 16.2. The first kappa shape index (κ1) is 17.6. The van der Waals surface area contributed by atoms with Crippen molar-refractivity contribution in [2.75, 3.05) is 7.11 Å². The van der Waals surface area contributed by atoms with Gasteiger partial charge in [0.2, 0.25) is 11.6 Å². The van der Waals surface area contributed by atoms with Crippen LogP contribution in [0.4, 0.5) is 0 Å².